The maximum absolute atomic E-state index is 5.99. The molecule has 1 aromatic carbocycles. The molecule has 1 saturated heterocycles. The van der Waals surface area contributed by atoms with Gasteiger partial charge in [0.15, 0.2) is 11.6 Å². The third kappa shape index (κ3) is 2.40. The fourth-order valence-corrected chi connectivity index (χ4v) is 1.71. The Labute approximate surface area is 93.7 Å². The second kappa shape index (κ2) is 4.51. The lowest BCUT2D eigenvalue weighted by atomic mass is 10.1. The second-order valence-electron chi connectivity index (χ2n) is 3.23. The minimum absolute atomic E-state index is 0.00588. The zero-order valence-electron chi connectivity index (χ0n) is 8.37. The Morgan fingerprint density at radius 2 is 1.93 bits per heavy atom. The molecule has 1 aliphatic rings. The minimum Gasteiger partial charge on any atom is -0.337 e. The van der Waals surface area contributed by atoms with Crippen molar-refractivity contribution in [3.63, 3.8) is 0 Å². The van der Waals surface area contributed by atoms with Crippen molar-refractivity contribution < 1.29 is 0 Å². The largest absolute Gasteiger partial charge is 0.337 e. The van der Waals surface area contributed by atoms with Gasteiger partial charge in [0.05, 0.1) is 0 Å². The molecule has 0 radical (unpaired) electrons. The summed E-state index contributed by atoms with van der Waals surface area (Å²) < 4.78 is 0. The predicted molar refractivity (Wildman–Crippen MR) is 61.6 cm³/mol. The van der Waals surface area contributed by atoms with E-state index >= 15 is 0 Å². The summed E-state index contributed by atoms with van der Waals surface area (Å²) in [6.07, 6.45) is -0.00588. The van der Waals surface area contributed by atoms with E-state index < -0.39 is 0 Å². The van der Waals surface area contributed by atoms with Gasteiger partial charge >= 0.3 is 0 Å². The zero-order chi connectivity index (χ0) is 10.7. The van der Waals surface area contributed by atoms with Crippen LogP contribution >= 0.6 is 11.6 Å². The first-order valence-corrected chi connectivity index (χ1v) is 5.18. The van der Waals surface area contributed by atoms with Crippen LogP contribution in [0.25, 0.3) is 0 Å². The Hall–Kier alpha value is -1.26. The molecule has 15 heavy (non-hydrogen) atoms. The lowest BCUT2D eigenvalue weighted by molar-refractivity contribution is 0.425. The number of rotatable bonds is 1. The van der Waals surface area contributed by atoms with Crippen LogP contribution < -0.4 is 16.0 Å². The smallest absolute Gasteiger partial charge is 0.194 e. The number of hydrogen-bond acceptors (Lipinski definition) is 2. The molecule has 1 aliphatic heterocycles. The minimum atomic E-state index is -0.310. The summed E-state index contributed by atoms with van der Waals surface area (Å²) >= 11 is 5.99. The SMILES string of the molecule is CN=C1NC(Cl)NC(c2ccccc2)N1. The van der Waals surface area contributed by atoms with Crippen molar-refractivity contribution in [2.45, 2.75) is 11.8 Å². The summed E-state index contributed by atoms with van der Waals surface area (Å²) in [6.45, 7) is 0. The number of halogens is 1. The highest BCUT2D eigenvalue weighted by molar-refractivity contribution is 6.21. The third-order valence-corrected chi connectivity index (χ3v) is 2.45. The van der Waals surface area contributed by atoms with Crippen LogP contribution in [0.5, 0.6) is 0 Å². The maximum Gasteiger partial charge on any atom is 0.194 e. The molecule has 2 atom stereocenters. The van der Waals surface area contributed by atoms with E-state index in [-0.39, 0.29) is 11.8 Å². The van der Waals surface area contributed by atoms with Gasteiger partial charge < -0.3 is 10.6 Å². The van der Waals surface area contributed by atoms with Crippen LogP contribution in [0.2, 0.25) is 0 Å². The van der Waals surface area contributed by atoms with Crippen LogP contribution in [0.3, 0.4) is 0 Å². The number of guanidine groups is 1. The lowest BCUT2D eigenvalue weighted by Crippen LogP contribution is -2.58. The normalized spacial score (nSPS) is 28.3. The van der Waals surface area contributed by atoms with Gasteiger partial charge in [-0.25, -0.2) is 0 Å². The Morgan fingerprint density at radius 1 is 1.20 bits per heavy atom. The number of nitrogens with zero attached hydrogens (tertiary/aromatic N) is 1. The van der Waals surface area contributed by atoms with Crippen molar-refractivity contribution in [2.75, 3.05) is 7.05 Å². The number of nitrogens with one attached hydrogen (secondary N) is 3. The van der Waals surface area contributed by atoms with Crippen LogP contribution in [0.15, 0.2) is 35.3 Å². The van der Waals surface area contributed by atoms with Gasteiger partial charge in [0.25, 0.3) is 0 Å². The first-order chi connectivity index (χ1) is 7.29. The first kappa shape index (κ1) is 10.3. The van der Waals surface area contributed by atoms with Crippen molar-refractivity contribution in [1.29, 1.82) is 0 Å². The van der Waals surface area contributed by atoms with Crippen LogP contribution in [0.4, 0.5) is 0 Å². The first-order valence-electron chi connectivity index (χ1n) is 4.74. The molecule has 4 nitrogen and oxygen atoms in total. The third-order valence-electron chi connectivity index (χ3n) is 2.21. The van der Waals surface area contributed by atoms with Gasteiger partial charge in [0, 0.05) is 7.05 Å². The quantitative estimate of drug-likeness (QED) is 0.492. The fourth-order valence-electron chi connectivity index (χ4n) is 1.48. The molecule has 0 aliphatic carbocycles. The molecular formula is C10H13ClN4. The van der Waals surface area contributed by atoms with E-state index in [1.54, 1.807) is 7.05 Å². The number of aliphatic imine (C=N–C) groups is 1. The predicted octanol–water partition coefficient (Wildman–Crippen LogP) is 0.976. The molecule has 2 unspecified atom stereocenters. The van der Waals surface area contributed by atoms with Crippen LogP contribution in [0.1, 0.15) is 11.7 Å². The zero-order valence-corrected chi connectivity index (χ0v) is 9.12. The standard InChI is InChI=1S/C10H13ClN4/c1-12-10-14-8(13-9(11)15-10)7-5-3-2-4-6-7/h2-6,8-9,13H,1H3,(H2,12,14,15). The number of alkyl halides is 1. The Bertz CT molecular complexity index is 352. The fraction of sp³-hybridized carbons (Fsp3) is 0.300. The summed E-state index contributed by atoms with van der Waals surface area (Å²) in [4.78, 5) is 4.04. The van der Waals surface area contributed by atoms with E-state index in [1.165, 1.54) is 0 Å². The van der Waals surface area contributed by atoms with Crippen molar-refractivity contribution in [1.82, 2.24) is 16.0 Å². The van der Waals surface area contributed by atoms with Crippen LogP contribution in [-0.4, -0.2) is 18.6 Å². The summed E-state index contributed by atoms with van der Waals surface area (Å²) in [6, 6.07) is 10.0. The molecule has 1 aromatic rings. The highest BCUT2D eigenvalue weighted by Gasteiger charge is 2.22. The average Bonchev–Trinajstić information content (AvgIpc) is 2.29. The van der Waals surface area contributed by atoms with E-state index in [0.29, 0.717) is 5.96 Å². The van der Waals surface area contributed by atoms with Crippen LogP contribution in [0, 0.1) is 0 Å². The Kier molecular flexibility index (Phi) is 3.08. The monoisotopic (exact) mass is 224 g/mol. The van der Waals surface area contributed by atoms with E-state index in [9.17, 15) is 0 Å². The Morgan fingerprint density at radius 3 is 2.60 bits per heavy atom. The van der Waals surface area contributed by atoms with Gasteiger partial charge in [-0.2, -0.15) is 0 Å². The van der Waals surface area contributed by atoms with Gasteiger partial charge in [0.2, 0.25) is 0 Å². The van der Waals surface area contributed by atoms with Crippen molar-refractivity contribution in [2.24, 2.45) is 4.99 Å². The molecule has 2 rings (SSSR count). The average molecular weight is 225 g/mol. The number of benzene rings is 1. The van der Waals surface area contributed by atoms with Gasteiger partial charge in [-0.05, 0) is 5.56 Å². The van der Waals surface area contributed by atoms with Gasteiger partial charge in [0.1, 0.15) is 6.17 Å². The van der Waals surface area contributed by atoms with Crippen molar-refractivity contribution in [3.8, 4) is 0 Å². The van der Waals surface area contributed by atoms with Gasteiger partial charge in [-0.1, -0.05) is 41.9 Å². The maximum atomic E-state index is 5.99. The summed E-state index contributed by atoms with van der Waals surface area (Å²) in [5, 5.41) is 9.31. The summed E-state index contributed by atoms with van der Waals surface area (Å²) in [5.41, 5.74) is 0.820. The van der Waals surface area contributed by atoms with Crippen molar-refractivity contribution >= 4 is 17.6 Å². The molecular weight excluding hydrogens is 212 g/mol. The highest BCUT2D eigenvalue weighted by Crippen LogP contribution is 2.12. The molecule has 0 spiro atoms. The molecule has 3 N–H and O–H groups in total. The molecule has 0 amide bonds. The molecule has 0 saturated carbocycles. The van der Waals surface area contributed by atoms with E-state index in [0.717, 1.165) is 5.56 Å². The van der Waals surface area contributed by atoms with Crippen LogP contribution in [-0.2, 0) is 0 Å². The molecule has 0 bridgehead atoms. The van der Waals surface area contributed by atoms with Gasteiger partial charge in [-0.3, -0.25) is 10.3 Å². The lowest BCUT2D eigenvalue weighted by Gasteiger charge is -2.32. The number of hydrogen-bond donors (Lipinski definition) is 3. The van der Waals surface area contributed by atoms with Gasteiger partial charge in [-0.15, -0.1) is 0 Å². The van der Waals surface area contributed by atoms with E-state index in [2.05, 4.69) is 20.9 Å². The molecule has 1 heterocycles. The van der Waals surface area contributed by atoms with E-state index in [1.807, 2.05) is 30.3 Å². The molecule has 1 fully saturated rings. The Balaban J connectivity index is 2.16. The van der Waals surface area contributed by atoms with Crippen molar-refractivity contribution in [3.05, 3.63) is 35.9 Å². The second-order valence-corrected chi connectivity index (χ2v) is 3.67. The molecule has 0 aromatic heterocycles. The van der Waals surface area contributed by atoms with E-state index in [4.69, 9.17) is 11.6 Å². The molecule has 80 valence electrons. The highest BCUT2D eigenvalue weighted by atomic mass is 35.5. The molecule has 5 heteroatoms. The topological polar surface area (TPSA) is 48.5 Å². The summed E-state index contributed by atoms with van der Waals surface area (Å²) in [7, 11) is 1.71. The summed E-state index contributed by atoms with van der Waals surface area (Å²) in [5.74, 6) is 0.697.